The normalized spacial score (nSPS) is 20.0. The van der Waals surface area contributed by atoms with Crippen LogP contribution in [0.15, 0.2) is 106 Å². The molecule has 0 saturated heterocycles. The second-order valence-corrected chi connectivity index (χ2v) is 20.2. The topological polar surface area (TPSA) is 172 Å². The summed E-state index contributed by atoms with van der Waals surface area (Å²) in [5.74, 6) is -0.762. The van der Waals surface area contributed by atoms with E-state index in [1.165, 1.54) is 12.1 Å². The molecule has 1 aliphatic carbocycles. The first-order valence-corrected chi connectivity index (χ1v) is 23.0. The van der Waals surface area contributed by atoms with Gasteiger partial charge >= 0.3 is 0 Å². The maximum Gasteiger partial charge on any atom is 0.265 e. The molecule has 0 fully saturated rings. The summed E-state index contributed by atoms with van der Waals surface area (Å²) in [7, 11) is -13.0. The van der Waals surface area contributed by atoms with Crippen molar-refractivity contribution in [3.8, 4) is 0 Å². The Hall–Kier alpha value is -3.63. The minimum atomic E-state index is -4.67. The maximum absolute atomic E-state index is 11.8. The first-order valence-electron chi connectivity index (χ1n) is 18.0. The smallest absolute Gasteiger partial charge is 0.265 e. The highest BCUT2D eigenvalue weighted by Gasteiger charge is 2.46. The van der Waals surface area contributed by atoms with E-state index in [4.69, 9.17) is 11.6 Å². The van der Waals surface area contributed by atoms with Crippen molar-refractivity contribution in [2.75, 3.05) is 29.5 Å². The molecule has 2 N–H and O–H groups in total. The summed E-state index contributed by atoms with van der Waals surface area (Å²) in [5, 5.41) is 1.96. The number of anilines is 1. The fraction of sp³-hybridized carbons (Fsp3) is 0.375. The maximum atomic E-state index is 11.8. The molecule has 55 heavy (non-hydrogen) atoms. The van der Waals surface area contributed by atoms with Crippen molar-refractivity contribution in [3.63, 3.8) is 0 Å². The molecule has 0 spiro atoms. The van der Waals surface area contributed by atoms with Crippen LogP contribution >= 0.6 is 11.6 Å². The van der Waals surface area contributed by atoms with Crippen LogP contribution in [-0.2, 0) is 41.2 Å². The third-order valence-corrected chi connectivity index (χ3v) is 13.7. The number of para-hydroxylation sites is 1. The first-order chi connectivity index (χ1) is 25.6. The minimum Gasteiger partial charge on any atom is -0.744 e. The molecule has 2 aliphatic heterocycles. The molecule has 3 aliphatic rings. The molecule has 2 heterocycles. The Morgan fingerprint density at radius 2 is 1.55 bits per heavy atom. The van der Waals surface area contributed by atoms with Crippen LogP contribution in [0.4, 0.5) is 11.4 Å². The number of fused-ring (bicyclic) bond motifs is 4. The van der Waals surface area contributed by atoms with Gasteiger partial charge in [-0.2, -0.15) is 21.4 Å². The van der Waals surface area contributed by atoms with E-state index in [0.29, 0.717) is 17.0 Å². The van der Waals surface area contributed by atoms with E-state index in [-0.39, 0.29) is 35.4 Å². The van der Waals surface area contributed by atoms with Gasteiger partial charge in [0.25, 0.3) is 20.2 Å². The average molecular weight is 829 g/mol. The Labute approximate surface area is 328 Å². The SMILES string of the molecule is CC1(C)C(/C=C/C2=C(Cl)C(=C/C=C3\N(CCCS(=O)(=O)O)c4ccccc4C3(C)C)/CCC2)=[N+](CCCS(=O)(=O)O)c2ccc3cc(S(=O)(=O)[O-])ccc3c21. The molecule has 0 unspecified atom stereocenters. The molecule has 0 amide bonds. The average Bonchev–Trinajstić information content (AvgIpc) is 3.43. The molecule has 0 bridgehead atoms. The van der Waals surface area contributed by atoms with Gasteiger partial charge in [-0.05, 0) is 97.4 Å². The zero-order valence-electron chi connectivity index (χ0n) is 31.1. The lowest BCUT2D eigenvalue weighted by atomic mass is 9.78. The number of halogens is 1. The Bertz CT molecular complexity index is 2570. The zero-order chi connectivity index (χ0) is 40.1. The van der Waals surface area contributed by atoms with E-state index >= 15 is 0 Å². The first kappa shape index (κ1) is 41.0. The molecule has 0 aromatic heterocycles. The number of allylic oxidation sites excluding steroid dienone is 8. The summed E-state index contributed by atoms with van der Waals surface area (Å²) in [4.78, 5) is 1.78. The number of rotatable bonds is 12. The second kappa shape index (κ2) is 15.0. The summed E-state index contributed by atoms with van der Waals surface area (Å²) in [6.07, 6.45) is 10.8. The molecule has 15 heteroatoms. The standard InChI is InChI=1S/C40H45ClN2O9S3/c1-39(2)32-12-5-6-13-33(32)42(22-8-24-53(44,45)46)35(39)20-15-27-10-7-11-28(38(27)41)16-21-36-40(3,4)37-31-18-17-30(55(50,51)52)26-29(31)14-19-34(37)43(36)23-9-25-54(47,48)49/h5-6,12-21,26H,7-11,22-25H2,1-4H3,(H2-,44,45,46,47,48,49,50,51,52). The largest absolute Gasteiger partial charge is 0.744 e. The highest BCUT2D eigenvalue weighted by Crippen LogP contribution is 2.48. The van der Waals surface area contributed by atoms with Gasteiger partial charge in [-0.25, -0.2) is 8.42 Å². The van der Waals surface area contributed by atoms with Crippen LogP contribution in [0.3, 0.4) is 0 Å². The van der Waals surface area contributed by atoms with Gasteiger partial charge in [0, 0.05) is 52.5 Å². The molecular formula is C40H45ClN2O9S3. The summed E-state index contributed by atoms with van der Waals surface area (Å²) in [6, 6.07) is 15.9. The van der Waals surface area contributed by atoms with Gasteiger partial charge in [0.2, 0.25) is 5.69 Å². The number of nitrogens with zero attached hydrogens (tertiary/aromatic N) is 2. The van der Waals surface area contributed by atoms with Crippen molar-refractivity contribution in [1.82, 2.24) is 0 Å². The van der Waals surface area contributed by atoms with Crippen molar-refractivity contribution in [2.45, 2.75) is 75.5 Å². The van der Waals surface area contributed by atoms with Gasteiger partial charge in [0.15, 0.2) is 5.71 Å². The van der Waals surface area contributed by atoms with Gasteiger partial charge in [0.1, 0.15) is 16.7 Å². The van der Waals surface area contributed by atoms with Crippen LogP contribution in [-0.4, -0.2) is 73.8 Å². The summed E-state index contributed by atoms with van der Waals surface area (Å²) in [6.45, 7) is 8.99. The highest BCUT2D eigenvalue weighted by molar-refractivity contribution is 7.86. The predicted molar refractivity (Wildman–Crippen MR) is 216 cm³/mol. The fourth-order valence-corrected chi connectivity index (χ4v) is 10.0. The second-order valence-electron chi connectivity index (χ2n) is 15.3. The van der Waals surface area contributed by atoms with Gasteiger partial charge in [-0.3, -0.25) is 9.11 Å². The van der Waals surface area contributed by atoms with E-state index in [0.717, 1.165) is 69.7 Å². The Balaban J connectivity index is 1.37. The van der Waals surface area contributed by atoms with Crippen LogP contribution in [0.1, 0.15) is 70.9 Å². The Kier molecular flexibility index (Phi) is 11.2. The molecule has 0 atom stereocenters. The van der Waals surface area contributed by atoms with E-state index in [1.54, 1.807) is 12.1 Å². The van der Waals surface area contributed by atoms with E-state index < -0.39 is 41.5 Å². The van der Waals surface area contributed by atoms with Gasteiger partial charge in [-0.1, -0.05) is 61.9 Å². The minimum absolute atomic E-state index is 0.148. The number of hydrogen-bond acceptors (Lipinski definition) is 8. The van der Waals surface area contributed by atoms with Crippen molar-refractivity contribution in [2.24, 2.45) is 0 Å². The lowest BCUT2D eigenvalue weighted by molar-refractivity contribution is -0.437. The lowest BCUT2D eigenvalue weighted by Gasteiger charge is -2.27. The van der Waals surface area contributed by atoms with E-state index in [2.05, 4.69) is 30.9 Å². The van der Waals surface area contributed by atoms with Gasteiger partial charge < -0.3 is 9.45 Å². The molecule has 6 rings (SSSR count). The van der Waals surface area contributed by atoms with Crippen molar-refractivity contribution >= 4 is 69.8 Å². The van der Waals surface area contributed by atoms with E-state index in [9.17, 15) is 38.9 Å². The summed E-state index contributed by atoms with van der Waals surface area (Å²) >= 11 is 7.14. The number of hydrogen-bond donors (Lipinski definition) is 2. The van der Waals surface area contributed by atoms with Crippen LogP contribution in [0.5, 0.6) is 0 Å². The predicted octanol–water partition coefficient (Wildman–Crippen LogP) is 7.52. The van der Waals surface area contributed by atoms with Crippen molar-refractivity contribution in [1.29, 1.82) is 0 Å². The summed E-state index contributed by atoms with van der Waals surface area (Å²) in [5.41, 5.74) is 6.48. The zero-order valence-corrected chi connectivity index (χ0v) is 34.3. The third-order valence-electron chi connectivity index (χ3n) is 10.8. The van der Waals surface area contributed by atoms with Crippen LogP contribution in [0, 0.1) is 0 Å². The van der Waals surface area contributed by atoms with Crippen LogP contribution in [0.25, 0.3) is 10.8 Å². The quantitative estimate of drug-likeness (QED) is 0.137. The molecule has 294 valence electrons. The van der Waals surface area contributed by atoms with Gasteiger partial charge in [0.05, 0.1) is 21.8 Å². The van der Waals surface area contributed by atoms with Crippen LogP contribution in [0.2, 0.25) is 0 Å². The van der Waals surface area contributed by atoms with Crippen molar-refractivity contribution < 1.29 is 43.5 Å². The molecule has 0 radical (unpaired) electrons. The third kappa shape index (κ3) is 8.55. The fourth-order valence-electron chi connectivity index (χ4n) is 8.23. The molecule has 11 nitrogen and oxygen atoms in total. The molecular weight excluding hydrogens is 784 g/mol. The van der Waals surface area contributed by atoms with Crippen LogP contribution < -0.4 is 4.90 Å². The Morgan fingerprint density at radius 3 is 2.24 bits per heavy atom. The highest BCUT2D eigenvalue weighted by atomic mass is 35.5. The molecule has 3 aromatic rings. The van der Waals surface area contributed by atoms with Crippen molar-refractivity contribution in [3.05, 3.63) is 112 Å². The number of benzene rings is 3. The monoisotopic (exact) mass is 828 g/mol. The van der Waals surface area contributed by atoms with E-state index in [1.807, 2.05) is 60.9 Å². The molecule has 3 aromatic carbocycles. The Morgan fingerprint density at radius 1 is 0.855 bits per heavy atom. The summed E-state index contributed by atoms with van der Waals surface area (Å²) < 4.78 is 103. The molecule has 0 saturated carbocycles. The lowest BCUT2D eigenvalue weighted by Crippen LogP contribution is -2.28. The van der Waals surface area contributed by atoms with Gasteiger partial charge in [-0.15, -0.1) is 0 Å².